The second kappa shape index (κ2) is 9.67. The average Bonchev–Trinajstić information content (AvgIpc) is 3.51. The zero-order valence-corrected chi connectivity index (χ0v) is 24.2. The third-order valence-corrected chi connectivity index (χ3v) is 8.05. The molecule has 0 bridgehead atoms. The van der Waals surface area contributed by atoms with E-state index in [-0.39, 0.29) is 5.41 Å². The fourth-order valence-electron chi connectivity index (χ4n) is 5.85. The molecule has 0 atom stereocenters. The Morgan fingerprint density at radius 1 is 0.810 bits per heavy atom. The van der Waals surface area contributed by atoms with E-state index >= 15 is 0 Å². The molecule has 0 spiro atoms. The van der Waals surface area contributed by atoms with Gasteiger partial charge in [-0.2, -0.15) is 5.26 Å². The van der Waals surface area contributed by atoms with Crippen LogP contribution in [-0.4, -0.2) is 23.3 Å². The minimum absolute atomic E-state index is 0.00586. The van der Waals surface area contributed by atoms with E-state index < -0.39 is 0 Å². The molecule has 0 amide bonds. The van der Waals surface area contributed by atoms with Gasteiger partial charge in [0.2, 0.25) is 0 Å². The van der Waals surface area contributed by atoms with E-state index in [1.54, 1.807) is 0 Å². The van der Waals surface area contributed by atoms with E-state index in [0.29, 0.717) is 17.1 Å². The van der Waals surface area contributed by atoms with Crippen molar-refractivity contribution in [3.8, 4) is 23.4 Å². The number of nitrogens with zero attached hydrogens (tertiary/aromatic N) is 5. The Morgan fingerprint density at radius 2 is 1.57 bits per heavy atom. The molecule has 42 heavy (non-hydrogen) atoms. The molecule has 6 nitrogen and oxygen atoms in total. The molecular weight excluding hydrogens is 518 g/mol. The molecule has 206 valence electrons. The molecule has 7 rings (SSSR count). The lowest BCUT2D eigenvalue weighted by molar-refractivity contribution is 0.482. The first-order valence-electron chi connectivity index (χ1n) is 14.1. The van der Waals surface area contributed by atoms with E-state index in [0.717, 1.165) is 45.7 Å². The summed E-state index contributed by atoms with van der Waals surface area (Å²) < 4.78 is 8.69. The molecule has 0 saturated carbocycles. The highest BCUT2D eigenvalue weighted by Gasteiger charge is 2.25. The lowest BCUT2D eigenvalue weighted by atomic mass is 9.88. The zero-order valence-electron chi connectivity index (χ0n) is 24.2. The number of aromatic nitrogens is 2. The van der Waals surface area contributed by atoms with Crippen molar-refractivity contribution in [2.75, 3.05) is 23.5 Å². The van der Waals surface area contributed by atoms with Crippen LogP contribution in [0.25, 0.3) is 27.6 Å². The highest BCUT2D eigenvalue weighted by Crippen LogP contribution is 2.42. The Morgan fingerprint density at radius 3 is 2.38 bits per heavy atom. The predicted octanol–water partition coefficient (Wildman–Crippen LogP) is 8.69. The summed E-state index contributed by atoms with van der Waals surface area (Å²) in [5, 5.41) is 12.2. The van der Waals surface area contributed by atoms with Gasteiger partial charge < -0.3 is 14.5 Å². The van der Waals surface area contributed by atoms with E-state index in [1.807, 2.05) is 42.6 Å². The molecule has 0 N–H and O–H groups in total. The summed E-state index contributed by atoms with van der Waals surface area (Å²) in [7, 11) is 2.08. The molecule has 2 aromatic heterocycles. The number of rotatable bonds is 4. The third kappa shape index (κ3) is 4.22. The van der Waals surface area contributed by atoms with Gasteiger partial charge in [-0.25, -0.2) is 4.98 Å². The molecular formula is C36H31N5O. The summed E-state index contributed by atoms with van der Waals surface area (Å²) in [5.74, 6) is 2.05. The van der Waals surface area contributed by atoms with Crippen LogP contribution in [0.4, 0.5) is 17.1 Å². The number of anilines is 3. The van der Waals surface area contributed by atoms with Gasteiger partial charge in [0.1, 0.15) is 23.4 Å². The van der Waals surface area contributed by atoms with Crippen molar-refractivity contribution in [2.24, 2.45) is 0 Å². The maximum Gasteiger partial charge on any atom is 0.147 e. The van der Waals surface area contributed by atoms with Crippen LogP contribution in [0.15, 0.2) is 103 Å². The monoisotopic (exact) mass is 549 g/mol. The number of hydrogen-bond donors (Lipinski definition) is 0. The third-order valence-electron chi connectivity index (χ3n) is 8.05. The van der Waals surface area contributed by atoms with E-state index in [9.17, 15) is 5.26 Å². The van der Waals surface area contributed by atoms with Crippen LogP contribution in [-0.2, 0) is 5.41 Å². The molecule has 0 aliphatic carbocycles. The SMILES string of the molecule is CN1CN(c2ccc(C#N)c(Oc3ccc4c5ccccc5n(-c5cc(C(C)(C)C)ccn5)c4c3)c2)c2ccccc21. The summed E-state index contributed by atoms with van der Waals surface area (Å²) in [4.78, 5) is 9.23. The van der Waals surface area contributed by atoms with Crippen LogP contribution in [0.1, 0.15) is 31.9 Å². The minimum Gasteiger partial charge on any atom is -0.456 e. The van der Waals surface area contributed by atoms with Crippen molar-refractivity contribution in [3.05, 3.63) is 114 Å². The lowest BCUT2D eigenvalue weighted by Gasteiger charge is -2.21. The molecule has 1 aliphatic heterocycles. The Labute approximate surface area is 245 Å². The number of ether oxygens (including phenoxy) is 1. The maximum absolute atomic E-state index is 9.94. The first-order valence-corrected chi connectivity index (χ1v) is 14.1. The fraction of sp³-hybridized carbons (Fsp3) is 0.167. The molecule has 0 unspecified atom stereocenters. The average molecular weight is 550 g/mol. The molecule has 0 radical (unpaired) electrons. The van der Waals surface area contributed by atoms with E-state index in [4.69, 9.17) is 9.72 Å². The van der Waals surface area contributed by atoms with Crippen molar-refractivity contribution in [2.45, 2.75) is 26.2 Å². The van der Waals surface area contributed by atoms with Gasteiger partial charge in [-0.15, -0.1) is 0 Å². The lowest BCUT2D eigenvalue weighted by Crippen LogP contribution is -2.23. The van der Waals surface area contributed by atoms with Gasteiger partial charge >= 0.3 is 0 Å². The highest BCUT2D eigenvalue weighted by atomic mass is 16.5. The minimum atomic E-state index is -0.00586. The summed E-state index contributed by atoms with van der Waals surface area (Å²) in [6.45, 7) is 7.36. The van der Waals surface area contributed by atoms with Gasteiger partial charge in [0.05, 0.1) is 34.6 Å². The summed E-state index contributed by atoms with van der Waals surface area (Å²) >= 11 is 0. The van der Waals surface area contributed by atoms with Crippen LogP contribution in [0, 0.1) is 11.3 Å². The van der Waals surface area contributed by atoms with Gasteiger partial charge in [-0.1, -0.05) is 51.1 Å². The Kier molecular flexibility index (Phi) is 5.91. The number of fused-ring (bicyclic) bond motifs is 4. The van der Waals surface area contributed by atoms with Gasteiger partial charge in [-0.05, 0) is 65.6 Å². The zero-order chi connectivity index (χ0) is 29.0. The number of para-hydroxylation sites is 3. The standard InChI is InChI=1S/C36H31N5O/c1-36(2,3)25-17-18-38-35(19-25)41-30-10-6-5-9-28(30)29-16-15-27(21-33(29)41)42-34-20-26(14-13-24(34)22-37)40-23-39(4)31-11-7-8-12-32(31)40/h5-21H,23H2,1-4H3. The molecule has 0 saturated heterocycles. The van der Waals surface area contributed by atoms with Crippen molar-refractivity contribution >= 4 is 38.9 Å². The van der Waals surface area contributed by atoms with Crippen molar-refractivity contribution in [1.82, 2.24) is 9.55 Å². The van der Waals surface area contributed by atoms with Crippen LogP contribution in [0.2, 0.25) is 0 Å². The highest BCUT2D eigenvalue weighted by molar-refractivity contribution is 6.09. The van der Waals surface area contributed by atoms with Crippen LogP contribution in [0.3, 0.4) is 0 Å². The second-order valence-electron chi connectivity index (χ2n) is 11.8. The molecule has 1 aliphatic rings. The first kappa shape index (κ1) is 25.7. The normalized spacial score (nSPS) is 13.0. The largest absolute Gasteiger partial charge is 0.456 e. The second-order valence-corrected chi connectivity index (χ2v) is 11.8. The molecule has 4 aromatic carbocycles. The van der Waals surface area contributed by atoms with Gasteiger partial charge in [0, 0.05) is 41.8 Å². The van der Waals surface area contributed by atoms with Crippen LogP contribution < -0.4 is 14.5 Å². The Hall–Kier alpha value is -5.28. The van der Waals surface area contributed by atoms with Crippen LogP contribution >= 0.6 is 0 Å². The Bertz CT molecular complexity index is 2030. The number of benzene rings is 4. The van der Waals surface area contributed by atoms with Gasteiger partial charge in [-0.3, -0.25) is 4.57 Å². The molecule has 0 fully saturated rings. The summed E-state index contributed by atoms with van der Waals surface area (Å²) in [6, 6.07) is 35.2. The molecule has 3 heterocycles. The van der Waals surface area contributed by atoms with Crippen molar-refractivity contribution in [3.63, 3.8) is 0 Å². The topological polar surface area (TPSA) is 57.3 Å². The van der Waals surface area contributed by atoms with Gasteiger partial charge in [0.15, 0.2) is 0 Å². The van der Waals surface area contributed by atoms with E-state index in [1.165, 1.54) is 11.3 Å². The Balaban J connectivity index is 1.33. The van der Waals surface area contributed by atoms with E-state index in [2.05, 4.69) is 109 Å². The smallest absolute Gasteiger partial charge is 0.147 e. The summed E-state index contributed by atoms with van der Waals surface area (Å²) in [5.41, 5.74) is 7.05. The molecule has 6 aromatic rings. The predicted molar refractivity (Wildman–Crippen MR) is 170 cm³/mol. The fourth-order valence-corrected chi connectivity index (χ4v) is 5.85. The summed E-state index contributed by atoms with van der Waals surface area (Å²) in [6.07, 6.45) is 1.88. The quantitative estimate of drug-likeness (QED) is 0.220. The van der Waals surface area contributed by atoms with Crippen LogP contribution in [0.5, 0.6) is 11.5 Å². The van der Waals surface area contributed by atoms with Gasteiger partial charge in [0.25, 0.3) is 0 Å². The molecule has 6 heteroatoms. The number of nitriles is 1. The maximum atomic E-state index is 9.94. The number of hydrogen-bond acceptors (Lipinski definition) is 5. The number of pyridine rings is 1. The van der Waals surface area contributed by atoms with Crippen molar-refractivity contribution in [1.29, 1.82) is 5.26 Å². The van der Waals surface area contributed by atoms with Crippen molar-refractivity contribution < 1.29 is 4.74 Å². The first-order chi connectivity index (χ1) is 20.3.